The van der Waals surface area contributed by atoms with Gasteiger partial charge in [0.15, 0.2) is 0 Å². The van der Waals surface area contributed by atoms with E-state index in [1.807, 2.05) is 0 Å². The van der Waals surface area contributed by atoms with Crippen molar-refractivity contribution in [2.75, 3.05) is 0 Å². The number of halogens is 1. The summed E-state index contributed by atoms with van der Waals surface area (Å²) in [4.78, 5) is 22.0. The van der Waals surface area contributed by atoms with Crippen LogP contribution in [0.5, 0.6) is 0 Å². The number of nitrogens with zero attached hydrogens (tertiary/aromatic N) is 1. The van der Waals surface area contributed by atoms with E-state index in [9.17, 15) is 9.59 Å². The minimum Gasteiger partial charge on any atom is -0.475 e. The van der Waals surface area contributed by atoms with Gasteiger partial charge in [0.1, 0.15) is 0 Å². The van der Waals surface area contributed by atoms with Gasteiger partial charge in [-0.3, -0.25) is 4.79 Å². The molecule has 82 valence electrons. The number of Topliss-reactive ketones (excluding diaryl/α,β-unsaturated/α-hetero) is 1. The number of aromatic nitrogens is 1. The number of fused-ring (bicyclic) bond motifs is 1. The lowest BCUT2D eigenvalue weighted by molar-refractivity contribution is -0.131. The Balaban J connectivity index is 2.73. The van der Waals surface area contributed by atoms with E-state index < -0.39 is 11.8 Å². The summed E-state index contributed by atoms with van der Waals surface area (Å²) >= 11 is 5.83. The summed E-state index contributed by atoms with van der Waals surface area (Å²) in [6.45, 7) is 0. The standard InChI is InChI=1S/C11H8ClNO3/c1-13-5-8(10(14)11(15)16)7-3-2-6(12)4-9(7)13/h2-5H,1H3,(H,15,16). The van der Waals surface area contributed by atoms with Crippen molar-refractivity contribution >= 4 is 34.3 Å². The zero-order valence-corrected chi connectivity index (χ0v) is 9.15. The van der Waals surface area contributed by atoms with Gasteiger partial charge in [0.05, 0.1) is 5.56 Å². The Morgan fingerprint density at radius 2 is 2.06 bits per heavy atom. The molecule has 1 aromatic heterocycles. The van der Waals surface area contributed by atoms with Crippen LogP contribution in [0.3, 0.4) is 0 Å². The molecule has 0 fully saturated rings. The first kappa shape index (κ1) is 10.7. The molecule has 0 atom stereocenters. The number of carbonyl (C=O) groups is 2. The van der Waals surface area contributed by atoms with Gasteiger partial charge in [0.25, 0.3) is 5.78 Å². The lowest BCUT2D eigenvalue weighted by Crippen LogP contribution is -2.12. The fraction of sp³-hybridized carbons (Fsp3) is 0.0909. The molecule has 0 spiro atoms. The maximum atomic E-state index is 11.4. The van der Waals surface area contributed by atoms with Crippen LogP contribution in [-0.4, -0.2) is 21.4 Å². The van der Waals surface area contributed by atoms with E-state index >= 15 is 0 Å². The SMILES string of the molecule is Cn1cc(C(=O)C(=O)O)c2ccc(Cl)cc21. The number of carboxylic acid groups (broad SMARTS) is 1. The number of carboxylic acids is 1. The van der Waals surface area contributed by atoms with Crippen LogP contribution in [0, 0.1) is 0 Å². The van der Waals surface area contributed by atoms with Crippen molar-refractivity contribution in [3.8, 4) is 0 Å². The summed E-state index contributed by atoms with van der Waals surface area (Å²) in [5.41, 5.74) is 0.916. The molecule has 1 aromatic carbocycles. The molecule has 2 aromatic rings. The summed E-state index contributed by atoms with van der Waals surface area (Å²) in [5, 5.41) is 9.81. The van der Waals surface area contributed by atoms with Gasteiger partial charge in [-0.25, -0.2) is 4.79 Å². The number of hydrogen-bond acceptors (Lipinski definition) is 2. The van der Waals surface area contributed by atoms with Gasteiger partial charge in [-0.15, -0.1) is 0 Å². The van der Waals surface area contributed by atoms with Crippen LogP contribution in [0.2, 0.25) is 5.02 Å². The van der Waals surface area contributed by atoms with Crippen LogP contribution in [0.1, 0.15) is 10.4 Å². The van der Waals surface area contributed by atoms with E-state index in [1.54, 1.807) is 29.8 Å². The minimum atomic E-state index is -1.46. The Labute approximate surface area is 96.0 Å². The first-order valence-electron chi connectivity index (χ1n) is 4.53. The third-order valence-electron chi connectivity index (χ3n) is 2.39. The molecule has 0 saturated carbocycles. The number of ketones is 1. The van der Waals surface area contributed by atoms with Gasteiger partial charge in [-0.2, -0.15) is 0 Å². The highest BCUT2D eigenvalue weighted by molar-refractivity contribution is 6.42. The second-order valence-corrected chi connectivity index (χ2v) is 3.89. The van der Waals surface area contributed by atoms with Crippen LogP contribution in [0.15, 0.2) is 24.4 Å². The zero-order chi connectivity index (χ0) is 11.9. The topological polar surface area (TPSA) is 59.3 Å². The smallest absolute Gasteiger partial charge is 0.377 e. The Kier molecular flexibility index (Phi) is 2.44. The van der Waals surface area contributed by atoms with Crippen molar-refractivity contribution in [1.82, 2.24) is 4.57 Å². The first-order valence-corrected chi connectivity index (χ1v) is 4.90. The van der Waals surface area contributed by atoms with E-state index in [0.717, 1.165) is 5.52 Å². The summed E-state index contributed by atoms with van der Waals surface area (Å²) in [7, 11) is 1.73. The van der Waals surface area contributed by atoms with Gasteiger partial charge >= 0.3 is 5.97 Å². The first-order chi connectivity index (χ1) is 7.50. The third kappa shape index (κ3) is 1.57. The van der Waals surface area contributed by atoms with Crippen molar-refractivity contribution in [2.45, 2.75) is 0 Å². The number of hydrogen-bond donors (Lipinski definition) is 1. The van der Waals surface area contributed by atoms with E-state index in [-0.39, 0.29) is 5.56 Å². The van der Waals surface area contributed by atoms with Gasteiger partial charge < -0.3 is 9.67 Å². The van der Waals surface area contributed by atoms with Gasteiger partial charge in [0, 0.05) is 29.2 Å². The molecule has 5 heteroatoms. The van der Waals surface area contributed by atoms with Crippen LogP contribution >= 0.6 is 11.6 Å². The Hall–Kier alpha value is -1.81. The molecule has 0 bridgehead atoms. The third-order valence-corrected chi connectivity index (χ3v) is 2.63. The molecular weight excluding hydrogens is 230 g/mol. The second-order valence-electron chi connectivity index (χ2n) is 3.45. The minimum absolute atomic E-state index is 0.182. The molecule has 1 heterocycles. The van der Waals surface area contributed by atoms with E-state index in [0.29, 0.717) is 10.4 Å². The molecule has 0 aliphatic rings. The Morgan fingerprint density at radius 3 is 2.69 bits per heavy atom. The normalized spacial score (nSPS) is 10.6. The molecular formula is C11H8ClNO3. The molecule has 0 amide bonds. The van der Waals surface area contributed by atoms with Gasteiger partial charge in [-0.05, 0) is 12.1 Å². The summed E-state index contributed by atoms with van der Waals surface area (Å²) < 4.78 is 1.68. The van der Waals surface area contributed by atoms with Gasteiger partial charge in [0.2, 0.25) is 0 Å². The summed E-state index contributed by atoms with van der Waals surface area (Å²) in [6, 6.07) is 4.96. The zero-order valence-electron chi connectivity index (χ0n) is 8.40. The quantitative estimate of drug-likeness (QED) is 0.643. The van der Waals surface area contributed by atoms with Crippen LogP contribution in [0.4, 0.5) is 0 Å². The van der Waals surface area contributed by atoms with Crippen molar-refractivity contribution < 1.29 is 14.7 Å². The van der Waals surface area contributed by atoms with Crippen molar-refractivity contribution in [3.63, 3.8) is 0 Å². The molecule has 0 aliphatic carbocycles. The van der Waals surface area contributed by atoms with Crippen LogP contribution < -0.4 is 0 Å². The summed E-state index contributed by atoms with van der Waals surface area (Å²) in [5.74, 6) is -2.37. The molecule has 2 rings (SSSR count). The maximum Gasteiger partial charge on any atom is 0.377 e. The van der Waals surface area contributed by atoms with Crippen molar-refractivity contribution in [1.29, 1.82) is 0 Å². The Bertz CT molecular complexity index is 601. The molecule has 4 nitrogen and oxygen atoms in total. The fourth-order valence-electron chi connectivity index (χ4n) is 1.65. The van der Waals surface area contributed by atoms with Gasteiger partial charge in [-0.1, -0.05) is 17.7 Å². The highest BCUT2D eigenvalue weighted by Gasteiger charge is 2.19. The fourth-order valence-corrected chi connectivity index (χ4v) is 1.82. The largest absolute Gasteiger partial charge is 0.475 e. The molecule has 16 heavy (non-hydrogen) atoms. The highest BCUT2D eigenvalue weighted by Crippen LogP contribution is 2.24. The van der Waals surface area contributed by atoms with E-state index in [1.165, 1.54) is 6.20 Å². The monoisotopic (exact) mass is 237 g/mol. The number of aryl methyl sites for hydroxylation is 1. The predicted octanol–water partition coefficient (Wildman–Crippen LogP) is 2.10. The average Bonchev–Trinajstić information content (AvgIpc) is 2.55. The number of rotatable bonds is 2. The molecule has 0 radical (unpaired) electrons. The van der Waals surface area contributed by atoms with Crippen molar-refractivity contribution in [3.05, 3.63) is 35.0 Å². The number of carbonyl (C=O) groups excluding carboxylic acids is 1. The van der Waals surface area contributed by atoms with Crippen LogP contribution in [0.25, 0.3) is 10.9 Å². The molecule has 0 aliphatic heterocycles. The highest BCUT2D eigenvalue weighted by atomic mass is 35.5. The molecule has 1 N–H and O–H groups in total. The van der Waals surface area contributed by atoms with E-state index in [2.05, 4.69) is 0 Å². The lowest BCUT2D eigenvalue weighted by Gasteiger charge is -1.96. The maximum absolute atomic E-state index is 11.4. The number of aliphatic carboxylic acids is 1. The lowest BCUT2D eigenvalue weighted by atomic mass is 10.1. The number of benzene rings is 1. The second kappa shape index (κ2) is 3.64. The predicted molar refractivity (Wildman–Crippen MR) is 59.9 cm³/mol. The Morgan fingerprint density at radius 1 is 1.38 bits per heavy atom. The van der Waals surface area contributed by atoms with Crippen LogP contribution in [-0.2, 0) is 11.8 Å². The van der Waals surface area contributed by atoms with E-state index in [4.69, 9.17) is 16.7 Å². The molecule has 0 unspecified atom stereocenters. The average molecular weight is 238 g/mol. The van der Waals surface area contributed by atoms with Crippen molar-refractivity contribution in [2.24, 2.45) is 7.05 Å². The molecule has 0 saturated heterocycles. The summed E-state index contributed by atoms with van der Waals surface area (Å²) in [6.07, 6.45) is 1.50.